The van der Waals surface area contributed by atoms with Crippen molar-refractivity contribution in [3.63, 3.8) is 0 Å². The van der Waals surface area contributed by atoms with Gasteiger partial charge in [0, 0.05) is 6.04 Å². The highest BCUT2D eigenvalue weighted by Crippen LogP contribution is 2.29. The third-order valence-corrected chi connectivity index (χ3v) is 4.39. The van der Waals surface area contributed by atoms with Crippen LogP contribution in [0.25, 0.3) is 0 Å². The summed E-state index contributed by atoms with van der Waals surface area (Å²) in [4.78, 5) is 28.4. The Labute approximate surface area is 119 Å². The van der Waals surface area contributed by atoms with Crippen molar-refractivity contribution in [2.75, 3.05) is 11.4 Å². The first-order valence-electron chi connectivity index (χ1n) is 7.36. The molecule has 106 valence electrons. The fraction of sp³-hybridized carbons (Fsp3) is 0.500. The molecule has 0 unspecified atom stereocenters. The molecule has 2 aliphatic heterocycles. The topological polar surface area (TPSA) is 40.6 Å². The third kappa shape index (κ3) is 2.24. The van der Waals surface area contributed by atoms with Crippen molar-refractivity contribution in [3.05, 3.63) is 30.3 Å². The zero-order valence-corrected chi connectivity index (χ0v) is 11.8. The van der Waals surface area contributed by atoms with Gasteiger partial charge in [-0.1, -0.05) is 24.6 Å². The van der Waals surface area contributed by atoms with Gasteiger partial charge >= 0.3 is 0 Å². The molecule has 4 heteroatoms. The first-order chi connectivity index (χ1) is 9.68. The van der Waals surface area contributed by atoms with Crippen molar-refractivity contribution in [2.24, 2.45) is 0 Å². The molecule has 1 aromatic carbocycles. The first kappa shape index (κ1) is 13.3. The molecule has 3 rings (SSSR count). The van der Waals surface area contributed by atoms with Gasteiger partial charge in [0.05, 0.1) is 18.2 Å². The maximum absolute atomic E-state index is 12.6. The summed E-state index contributed by atoms with van der Waals surface area (Å²) in [5.41, 5.74) is 0.690. The lowest BCUT2D eigenvalue weighted by Gasteiger charge is -2.36. The van der Waals surface area contributed by atoms with Gasteiger partial charge in [-0.15, -0.1) is 0 Å². The van der Waals surface area contributed by atoms with Gasteiger partial charge in [-0.2, -0.15) is 0 Å². The van der Waals surface area contributed by atoms with E-state index in [9.17, 15) is 9.59 Å². The van der Waals surface area contributed by atoms with Gasteiger partial charge < -0.3 is 0 Å². The highest BCUT2D eigenvalue weighted by Gasteiger charge is 2.44. The number of rotatable bonds is 2. The number of carbonyl (C=O) groups excluding carboxylic acids is 2. The highest BCUT2D eigenvalue weighted by atomic mass is 16.2. The maximum atomic E-state index is 12.6. The number of amides is 2. The zero-order chi connectivity index (χ0) is 14.1. The van der Waals surface area contributed by atoms with Gasteiger partial charge in [-0.25, -0.2) is 4.90 Å². The zero-order valence-electron chi connectivity index (χ0n) is 11.8. The number of hydrogen-bond donors (Lipinski definition) is 0. The largest absolute Gasteiger partial charge is 0.289 e. The van der Waals surface area contributed by atoms with E-state index in [4.69, 9.17) is 0 Å². The Morgan fingerprint density at radius 1 is 1.10 bits per heavy atom. The predicted octanol–water partition coefficient (Wildman–Crippen LogP) is 2.19. The number of carbonyl (C=O) groups is 2. The second-order valence-corrected chi connectivity index (χ2v) is 5.71. The number of nitrogens with zero attached hydrogens (tertiary/aromatic N) is 2. The number of likely N-dealkylation sites (tertiary alicyclic amines) is 1. The second-order valence-electron chi connectivity index (χ2n) is 5.71. The Balaban J connectivity index is 1.83. The fourth-order valence-corrected chi connectivity index (χ4v) is 3.31. The molecule has 2 fully saturated rings. The number of hydrogen-bond acceptors (Lipinski definition) is 3. The molecule has 0 saturated carbocycles. The quantitative estimate of drug-likeness (QED) is 0.775. The van der Waals surface area contributed by atoms with E-state index in [1.165, 1.54) is 11.3 Å². The lowest BCUT2D eigenvalue weighted by atomic mass is 10.0. The van der Waals surface area contributed by atoms with Crippen LogP contribution in [0.15, 0.2) is 30.3 Å². The van der Waals surface area contributed by atoms with Gasteiger partial charge in [0.2, 0.25) is 5.91 Å². The van der Waals surface area contributed by atoms with E-state index in [1.807, 2.05) is 30.3 Å². The Kier molecular flexibility index (Phi) is 3.57. The molecule has 0 N–H and O–H groups in total. The molecule has 0 aromatic heterocycles. The van der Waals surface area contributed by atoms with Crippen LogP contribution in [-0.2, 0) is 9.59 Å². The van der Waals surface area contributed by atoms with Crippen LogP contribution in [0.1, 0.15) is 32.6 Å². The summed E-state index contributed by atoms with van der Waals surface area (Å²) in [6.45, 7) is 3.08. The van der Waals surface area contributed by atoms with E-state index >= 15 is 0 Å². The molecular formula is C16H20N2O2. The smallest absolute Gasteiger partial charge is 0.251 e. The molecule has 2 heterocycles. The molecule has 0 aliphatic carbocycles. The summed E-state index contributed by atoms with van der Waals surface area (Å²) in [5.74, 6) is -0.140. The van der Waals surface area contributed by atoms with E-state index < -0.39 is 0 Å². The predicted molar refractivity (Wildman–Crippen MR) is 77.4 cm³/mol. The van der Waals surface area contributed by atoms with Crippen LogP contribution in [0.2, 0.25) is 0 Å². The average molecular weight is 272 g/mol. The molecule has 2 aliphatic rings. The van der Waals surface area contributed by atoms with Gasteiger partial charge in [0.15, 0.2) is 0 Å². The van der Waals surface area contributed by atoms with Gasteiger partial charge in [0.1, 0.15) is 0 Å². The Bertz CT molecular complexity index is 514. The second kappa shape index (κ2) is 5.37. The van der Waals surface area contributed by atoms with Crippen LogP contribution in [0.3, 0.4) is 0 Å². The minimum atomic E-state index is -0.266. The van der Waals surface area contributed by atoms with Crippen LogP contribution in [0.4, 0.5) is 5.69 Å². The normalized spacial score (nSPS) is 28.1. The molecular weight excluding hydrogens is 252 g/mol. The lowest BCUT2D eigenvalue weighted by molar-refractivity contribution is -0.123. The number of anilines is 1. The van der Waals surface area contributed by atoms with E-state index in [2.05, 4.69) is 11.8 Å². The van der Waals surface area contributed by atoms with Crippen molar-refractivity contribution < 1.29 is 9.59 Å². The van der Waals surface area contributed by atoms with Crippen molar-refractivity contribution in [2.45, 2.75) is 44.7 Å². The lowest BCUT2D eigenvalue weighted by Crippen LogP contribution is -2.48. The molecule has 20 heavy (non-hydrogen) atoms. The Morgan fingerprint density at radius 3 is 2.55 bits per heavy atom. The molecule has 0 bridgehead atoms. The van der Waals surface area contributed by atoms with Crippen molar-refractivity contribution in [1.29, 1.82) is 0 Å². The number of benzene rings is 1. The molecule has 2 saturated heterocycles. The van der Waals surface area contributed by atoms with Crippen molar-refractivity contribution in [1.82, 2.24) is 4.90 Å². The summed E-state index contributed by atoms with van der Waals surface area (Å²) in [7, 11) is 0. The van der Waals surface area contributed by atoms with Gasteiger partial charge in [0.25, 0.3) is 5.91 Å². The third-order valence-electron chi connectivity index (χ3n) is 4.39. The minimum absolute atomic E-state index is 0.0602. The molecule has 1 aromatic rings. The summed E-state index contributed by atoms with van der Waals surface area (Å²) in [6.07, 6.45) is 3.77. The van der Waals surface area contributed by atoms with Crippen molar-refractivity contribution >= 4 is 17.5 Å². The van der Waals surface area contributed by atoms with Crippen molar-refractivity contribution in [3.8, 4) is 0 Å². The standard InChI is InChI=1S/C16H20N2O2/c1-12-7-5-6-10-17(12)14-11-15(19)18(16(14)20)13-8-3-2-4-9-13/h2-4,8-9,12,14H,5-7,10-11H2,1H3/t12-,14-/m1/s1. The van der Waals surface area contributed by atoms with E-state index in [1.54, 1.807) is 0 Å². The van der Waals surface area contributed by atoms with Crippen LogP contribution in [0.5, 0.6) is 0 Å². The number of para-hydroxylation sites is 1. The Hall–Kier alpha value is -1.68. The van der Waals surface area contributed by atoms with Gasteiger partial charge in [-0.3, -0.25) is 14.5 Å². The SMILES string of the molecule is C[C@@H]1CCCCN1[C@@H]1CC(=O)N(c2ccccc2)C1=O. The van der Waals surface area contributed by atoms with Crippen LogP contribution < -0.4 is 4.90 Å². The summed E-state index contributed by atoms with van der Waals surface area (Å²) < 4.78 is 0. The van der Waals surface area contributed by atoms with E-state index in [-0.39, 0.29) is 17.9 Å². The maximum Gasteiger partial charge on any atom is 0.251 e. The molecule has 0 spiro atoms. The first-order valence-corrected chi connectivity index (χ1v) is 7.36. The Morgan fingerprint density at radius 2 is 1.85 bits per heavy atom. The van der Waals surface area contributed by atoms with E-state index in [0.29, 0.717) is 18.2 Å². The summed E-state index contributed by atoms with van der Waals surface area (Å²) in [6, 6.07) is 9.35. The fourth-order valence-electron chi connectivity index (χ4n) is 3.31. The highest BCUT2D eigenvalue weighted by molar-refractivity contribution is 6.22. The molecule has 2 amide bonds. The molecule has 2 atom stereocenters. The number of piperidine rings is 1. The van der Waals surface area contributed by atoms with Crippen LogP contribution in [0, 0.1) is 0 Å². The van der Waals surface area contributed by atoms with Crippen LogP contribution in [-0.4, -0.2) is 35.3 Å². The van der Waals surface area contributed by atoms with Gasteiger partial charge in [-0.05, 0) is 38.4 Å². The summed E-state index contributed by atoms with van der Waals surface area (Å²) >= 11 is 0. The summed E-state index contributed by atoms with van der Waals surface area (Å²) in [5, 5.41) is 0. The molecule has 4 nitrogen and oxygen atoms in total. The number of imide groups is 1. The monoisotopic (exact) mass is 272 g/mol. The van der Waals surface area contributed by atoms with Crippen LogP contribution >= 0.6 is 0 Å². The van der Waals surface area contributed by atoms with E-state index in [0.717, 1.165) is 19.4 Å². The molecule has 0 radical (unpaired) electrons. The average Bonchev–Trinajstić information content (AvgIpc) is 2.75. The minimum Gasteiger partial charge on any atom is -0.289 e.